The van der Waals surface area contributed by atoms with Crippen LogP contribution >= 0.6 is 22.6 Å². The molecule has 1 aromatic heterocycles. The van der Waals surface area contributed by atoms with Crippen molar-refractivity contribution in [2.24, 2.45) is 0 Å². The van der Waals surface area contributed by atoms with Crippen molar-refractivity contribution in [1.82, 2.24) is 4.57 Å². The van der Waals surface area contributed by atoms with Crippen LogP contribution in [0.15, 0.2) is 30.5 Å². The lowest BCUT2D eigenvalue weighted by Crippen LogP contribution is -2.41. The molecule has 2 heterocycles. The average Bonchev–Trinajstić information content (AvgIpc) is 2.92. The lowest BCUT2D eigenvalue weighted by atomic mass is 9.97. The molecule has 3 rings (SSSR count). The smallest absolute Gasteiger partial charge is 0.163 e. The van der Waals surface area contributed by atoms with Gasteiger partial charge in [-0.15, -0.1) is 0 Å². The molecule has 2 aromatic rings. The second kappa shape index (κ2) is 4.71. The number of para-hydroxylation sites is 1. The van der Waals surface area contributed by atoms with Gasteiger partial charge < -0.3 is 14.0 Å². The van der Waals surface area contributed by atoms with Crippen LogP contribution in [-0.4, -0.2) is 23.1 Å². The molecule has 1 atom stereocenters. The molecule has 108 valence electrons. The summed E-state index contributed by atoms with van der Waals surface area (Å²) in [6, 6.07) is 8.50. The molecule has 0 amide bonds. The maximum absolute atomic E-state index is 6.08. The predicted molar refractivity (Wildman–Crippen MR) is 88.9 cm³/mol. The molecule has 1 aliphatic heterocycles. The highest BCUT2D eigenvalue weighted by Gasteiger charge is 2.43. The summed E-state index contributed by atoms with van der Waals surface area (Å²) in [4.78, 5) is 0. The van der Waals surface area contributed by atoms with E-state index in [4.69, 9.17) is 9.47 Å². The largest absolute Gasteiger partial charge is 0.348 e. The summed E-state index contributed by atoms with van der Waals surface area (Å²) < 4.78 is 15.4. The lowest BCUT2D eigenvalue weighted by Gasteiger charge is -2.33. The van der Waals surface area contributed by atoms with Crippen molar-refractivity contribution in [1.29, 1.82) is 0 Å². The van der Waals surface area contributed by atoms with Crippen molar-refractivity contribution in [3.05, 3.63) is 34.0 Å². The van der Waals surface area contributed by atoms with Gasteiger partial charge in [-0.05, 0) is 56.4 Å². The highest BCUT2D eigenvalue weighted by molar-refractivity contribution is 14.1. The number of hydrogen-bond donors (Lipinski definition) is 0. The summed E-state index contributed by atoms with van der Waals surface area (Å²) in [6.07, 6.45) is 2.25. The summed E-state index contributed by atoms with van der Waals surface area (Å²) in [5.41, 5.74) is 1.09. The Bertz CT molecular complexity index is 645. The van der Waals surface area contributed by atoms with Crippen LogP contribution in [0.1, 0.15) is 27.7 Å². The van der Waals surface area contributed by atoms with E-state index in [9.17, 15) is 0 Å². The van der Waals surface area contributed by atoms with Crippen LogP contribution in [0.2, 0.25) is 0 Å². The predicted octanol–water partition coefficient (Wildman–Crippen LogP) is 4.13. The van der Waals surface area contributed by atoms with Gasteiger partial charge in [0.2, 0.25) is 0 Å². The Labute approximate surface area is 133 Å². The fraction of sp³-hybridized carbons (Fsp3) is 0.500. The molecule has 0 aliphatic carbocycles. The van der Waals surface area contributed by atoms with Crippen molar-refractivity contribution in [2.45, 2.75) is 45.1 Å². The zero-order valence-corrected chi connectivity index (χ0v) is 14.5. The van der Waals surface area contributed by atoms with Crippen molar-refractivity contribution in [2.75, 3.05) is 6.61 Å². The fourth-order valence-electron chi connectivity index (χ4n) is 2.81. The molecular formula is C16H20INO2. The molecule has 1 fully saturated rings. The third-order valence-corrected chi connectivity index (χ3v) is 4.94. The average molecular weight is 385 g/mol. The van der Waals surface area contributed by atoms with Crippen LogP contribution in [0.4, 0.5) is 0 Å². The van der Waals surface area contributed by atoms with Crippen molar-refractivity contribution >= 4 is 33.5 Å². The van der Waals surface area contributed by atoms with Gasteiger partial charge >= 0.3 is 0 Å². The first kappa shape index (κ1) is 14.4. The first-order chi connectivity index (χ1) is 9.31. The minimum absolute atomic E-state index is 0.0455. The molecule has 0 saturated carbocycles. The molecule has 0 bridgehead atoms. The van der Waals surface area contributed by atoms with Gasteiger partial charge in [0.25, 0.3) is 0 Å². The Balaban J connectivity index is 2.06. The zero-order valence-electron chi connectivity index (χ0n) is 12.3. The third kappa shape index (κ3) is 2.27. The molecule has 20 heavy (non-hydrogen) atoms. The van der Waals surface area contributed by atoms with E-state index in [1.54, 1.807) is 0 Å². The molecular weight excluding hydrogens is 365 g/mol. The summed E-state index contributed by atoms with van der Waals surface area (Å²) in [5, 5.41) is 1.29. The van der Waals surface area contributed by atoms with Gasteiger partial charge in [-0.25, -0.2) is 0 Å². The van der Waals surface area contributed by atoms with E-state index in [0.29, 0.717) is 6.61 Å². The molecule has 1 aromatic carbocycles. The van der Waals surface area contributed by atoms with Gasteiger partial charge in [-0.3, -0.25) is 0 Å². The number of hydrogen-bond acceptors (Lipinski definition) is 2. The van der Waals surface area contributed by atoms with Gasteiger partial charge in [0, 0.05) is 20.7 Å². The Kier molecular flexibility index (Phi) is 3.38. The van der Waals surface area contributed by atoms with E-state index in [0.717, 1.165) is 0 Å². The van der Waals surface area contributed by atoms with Crippen LogP contribution in [0, 0.1) is 3.57 Å². The molecule has 0 unspecified atom stereocenters. The molecule has 3 nitrogen and oxygen atoms in total. The van der Waals surface area contributed by atoms with Crippen molar-refractivity contribution in [3.8, 4) is 0 Å². The lowest BCUT2D eigenvalue weighted by molar-refractivity contribution is -0.149. The summed E-state index contributed by atoms with van der Waals surface area (Å²) in [5.74, 6) is -0.488. The number of benzene rings is 1. The topological polar surface area (TPSA) is 23.4 Å². The summed E-state index contributed by atoms with van der Waals surface area (Å²) >= 11 is 2.40. The van der Waals surface area contributed by atoms with Gasteiger partial charge in [-0.1, -0.05) is 18.2 Å². The molecule has 0 spiro atoms. The first-order valence-electron chi connectivity index (χ1n) is 6.89. The second-order valence-corrected chi connectivity index (χ2v) is 7.50. The minimum Gasteiger partial charge on any atom is -0.348 e. The molecule has 0 radical (unpaired) electrons. The maximum atomic E-state index is 6.08. The van der Waals surface area contributed by atoms with Crippen LogP contribution in [0.3, 0.4) is 0 Å². The van der Waals surface area contributed by atoms with E-state index in [1.807, 2.05) is 13.8 Å². The Morgan fingerprint density at radius 1 is 1.30 bits per heavy atom. The second-order valence-electron chi connectivity index (χ2n) is 6.34. The number of ether oxygens (including phenoxy) is 2. The van der Waals surface area contributed by atoms with Crippen LogP contribution in [-0.2, 0) is 15.0 Å². The van der Waals surface area contributed by atoms with E-state index in [1.165, 1.54) is 14.5 Å². The monoisotopic (exact) mass is 385 g/mol. The third-order valence-electron chi connectivity index (χ3n) is 4.08. The molecule has 0 N–H and O–H groups in total. The highest BCUT2D eigenvalue weighted by atomic mass is 127. The quantitative estimate of drug-likeness (QED) is 0.726. The normalized spacial score (nSPS) is 22.6. The van der Waals surface area contributed by atoms with Crippen molar-refractivity contribution in [3.63, 3.8) is 0 Å². The van der Waals surface area contributed by atoms with Gasteiger partial charge in [-0.2, -0.15) is 0 Å². The fourth-order valence-corrected chi connectivity index (χ4v) is 3.54. The number of aromatic nitrogens is 1. The van der Waals surface area contributed by atoms with Gasteiger partial charge in [0.15, 0.2) is 5.79 Å². The van der Waals surface area contributed by atoms with Gasteiger partial charge in [0.05, 0.1) is 12.1 Å². The zero-order chi connectivity index (χ0) is 14.5. The molecule has 1 saturated heterocycles. The summed E-state index contributed by atoms with van der Waals surface area (Å²) in [6.45, 7) is 9.00. The van der Waals surface area contributed by atoms with Gasteiger partial charge in [0.1, 0.15) is 6.10 Å². The number of halogens is 1. The van der Waals surface area contributed by atoms with Crippen LogP contribution in [0.25, 0.3) is 10.9 Å². The summed E-state index contributed by atoms with van der Waals surface area (Å²) in [7, 11) is 0. The van der Waals surface area contributed by atoms with Crippen LogP contribution in [0.5, 0.6) is 0 Å². The Morgan fingerprint density at radius 3 is 2.65 bits per heavy atom. The standard InChI is InChI=1S/C16H20INO2/c1-15(2,14-10-19-16(3,4)20-14)18-9-12(17)11-7-5-6-8-13(11)18/h5-9,14H,10H2,1-4H3/t14-/m0/s1. The molecule has 1 aliphatic rings. The number of nitrogens with zero attached hydrogens (tertiary/aromatic N) is 1. The van der Waals surface area contributed by atoms with E-state index < -0.39 is 5.79 Å². The van der Waals surface area contributed by atoms with Crippen LogP contribution < -0.4 is 0 Å². The molecule has 4 heteroatoms. The van der Waals surface area contributed by atoms with E-state index >= 15 is 0 Å². The van der Waals surface area contributed by atoms with Crippen molar-refractivity contribution < 1.29 is 9.47 Å². The van der Waals surface area contributed by atoms with E-state index in [2.05, 4.69) is 71.5 Å². The Morgan fingerprint density at radius 2 is 2.00 bits per heavy atom. The SMILES string of the molecule is CC1(C)OC[C@@H](C(C)(C)n2cc(I)c3ccccc32)O1. The first-order valence-corrected chi connectivity index (χ1v) is 7.97. The number of fused-ring (bicyclic) bond motifs is 1. The van der Waals surface area contributed by atoms with E-state index in [-0.39, 0.29) is 11.6 Å². The maximum Gasteiger partial charge on any atom is 0.163 e. The minimum atomic E-state index is -0.488. The Hall–Kier alpha value is -0.590. The number of rotatable bonds is 2. The highest BCUT2D eigenvalue weighted by Crippen LogP contribution is 2.36.